The highest BCUT2D eigenvalue weighted by Gasteiger charge is 2.26. The minimum Gasteiger partial charge on any atom is -0.482 e. The summed E-state index contributed by atoms with van der Waals surface area (Å²) in [7, 11) is 0. The molecule has 0 bridgehead atoms. The second-order valence-corrected chi connectivity index (χ2v) is 5.59. The number of nitrogens with one attached hydrogen (secondary N) is 1. The first kappa shape index (κ1) is 17.5. The molecule has 1 N–H and O–H groups in total. The van der Waals surface area contributed by atoms with Crippen molar-refractivity contribution in [3.63, 3.8) is 0 Å². The standard InChI is InChI=1S/C18H15F2N3O3/c1-11(13-8-12(19)6-7-14(13)20)21-22-17(24)9-23-15-4-2-3-5-16(15)26-10-18(23)25/h2-8H,9-10H2,1H3,(H,22,24)/b21-11-. The van der Waals surface area contributed by atoms with Gasteiger partial charge >= 0.3 is 0 Å². The first-order valence-electron chi connectivity index (χ1n) is 7.76. The lowest BCUT2D eigenvalue weighted by Crippen LogP contribution is -2.44. The van der Waals surface area contributed by atoms with E-state index in [0.29, 0.717) is 11.4 Å². The van der Waals surface area contributed by atoms with Crippen molar-refractivity contribution in [2.45, 2.75) is 6.92 Å². The highest BCUT2D eigenvalue weighted by atomic mass is 19.1. The van der Waals surface area contributed by atoms with Gasteiger partial charge < -0.3 is 4.74 Å². The van der Waals surface area contributed by atoms with Gasteiger partial charge in [-0.3, -0.25) is 14.5 Å². The summed E-state index contributed by atoms with van der Waals surface area (Å²) in [5.41, 5.74) is 2.78. The summed E-state index contributed by atoms with van der Waals surface area (Å²) in [6.45, 7) is 0.996. The Kier molecular flexibility index (Phi) is 4.92. The molecule has 0 fully saturated rings. The largest absolute Gasteiger partial charge is 0.482 e. The summed E-state index contributed by atoms with van der Waals surface area (Å²) in [4.78, 5) is 25.4. The van der Waals surface area contributed by atoms with Crippen LogP contribution in [0.25, 0.3) is 0 Å². The Balaban J connectivity index is 1.71. The highest BCUT2D eigenvalue weighted by molar-refractivity contribution is 6.03. The Labute approximate surface area is 148 Å². The molecular formula is C18H15F2N3O3. The Morgan fingerprint density at radius 3 is 2.85 bits per heavy atom. The first-order valence-corrected chi connectivity index (χ1v) is 7.76. The normalized spacial score (nSPS) is 13.9. The molecule has 3 rings (SSSR count). The molecule has 0 atom stereocenters. The Hall–Kier alpha value is -3.29. The Morgan fingerprint density at radius 2 is 2.04 bits per heavy atom. The van der Waals surface area contributed by atoms with Crippen LogP contribution in [0.1, 0.15) is 12.5 Å². The van der Waals surface area contributed by atoms with E-state index in [1.165, 1.54) is 11.8 Å². The summed E-state index contributed by atoms with van der Waals surface area (Å²) < 4.78 is 32.2. The highest BCUT2D eigenvalue weighted by Crippen LogP contribution is 2.31. The lowest BCUT2D eigenvalue weighted by Gasteiger charge is -2.28. The number of amides is 2. The van der Waals surface area contributed by atoms with Crippen LogP contribution in [-0.2, 0) is 9.59 Å². The van der Waals surface area contributed by atoms with Crippen LogP contribution >= 0.6 is 0 Å². The van der Waals surface area contributed by atoms with E-state index in [1.807, 2.05) is 0 Å². The predicted octanol–water partition coefficient (Wildman–Crippen LogP) is 2.23. The molecule has 0 radical (unpaired) electrons. The molecule has 0 aliphatic carbocycles. The van der Waals surface area contributed by atoms with Crippen molar-refractivity contribution in [2.24, 2.45) is 5.10 Å². The van der Waals surface area contributed by atoms with Gasteiger partial charge in [-0.2, -0.15) is 5.10 Å². The average Bonchev–Trinajstić information content (AvgIpc) is 2.64. The molecular weight excluding hydrogens is 344 g/mol. The van der Waals surface area contributed by atoms with E-state index in [2.05, 4.69) is 10.5 Å². The number of hydrogen-bond acceptors (Lipinski definition) is 4. The zero-order valence-corrected chi connectivity index (χ0v) is 13.8. The van der Waals surface area contributed by atoms with Gasteiger partial charge in [0.15, 0.2) is 6.61 Å². The van der Waals surface area contributed by atoms with Crippen molar-refractivity contribution in [1.82, 2.24) is 5.43 Å². The Morgan fingerprint density at radius 1 is 1.27 bits per heavy atom. The molecule has 26 heavy (non-hydrogen) atoms. The molecule has 1 aliphatic heterocycles. The van der Waals surface area contributed by atoms with Gasteiger partial charge in [0.25, 0.3) is 11.8 Å². The number of hydrogen-bond donors (Lipinski definition) is 1. The van der Waals surface area contributed by atoms with Gasteiger partial charge in [0.1, 0.15) is 23.9 Å². The van der Waals surface area contributed by atoms with Crippen molar-refractivity contribution >= 4 is 23.2 Å². The quantitative estimate of drug-likeness (QED) is 0.672. The number of carbonyl (C=O) groups excluding carboxylic acids is 2. The van der Waals surface area contributed by atoms with E-state index in [1.54, 1.807) is 24.3 Å². The minimum atomic E-state index is -0.654. The maximum Gasteiger partial charge on any atom is 0.265 e. The molecule has 0 spiro atoms. The molecule has 6 nitrogen and oxygen atoms in total. The SMILES string of the molecule is C/C(=N/NC(=O)CN1C(=O)COc2ccccc21)c1cc(F)ccc1F. The maximum absolute atomic E-state index is 13.7. The van der Waals surface area contributed by atoms with E-state index >= 15 is 0 Å². The second-order valence-electron chi connectivity index (χ2n) is 5.59. The Bertz CT molecular complexity index is 899. The molecule has 2 amide bonds. The van der Waals surface area contributed by atoms with E-state index in [9.17, 15) is 18.4 Å². The van der Waals surface area contributed by atoms with E-state index in [0.717, 1.165) is 18.2 Å². The molecule has 2 aromatic carbocycles. The third kappa shape index (κ3) is 3.69. The second kappa shape index (κ2) is 7.30. The number of carbonyl (C=O) groups is 2. The molecule has 8 heteroatoms. The molecule has 0 aromatic heterocycles. The van der Waals surface area contributed by atoms with Crippen LogP contribution < -0.4 is 15.1 Å². The predicted molar refractivity (Wildman–Crippen MR) is 91.0 cm³/mol. The summed E-state index contributed by atoms with van der Waals surface area (Å²) in [5, 5.41) is 3.78. The lowest BCUT2D eigenvalue weighted by molar-refractivity contribution is -0.125. The van der Waals surface area contributed by atoms with Crippen LogP contribution in [0.5, 0.6) is 5.75 Å². The van der Waals surface area contributed by atoms with Gasteiger partial charge in [0, 0.05) is 5.56 Å². The van der Waals surface area contributed by atoms with Gasteiger partial charge in [-0.25, -0.2) is 14.2 Å². The molecule has 0 saturated carbocycles. The zero-order valence-electron chi connectivity index (χ0n) is 13.8. The fourth-order valence-corrected chi connectivity index (χ4v) is 2.49. The molecule has 2 aromatic rings. The average molecular weight is 359 g/mol. The van der Waals surface area contributed by atoms with Crippen LogP contribution in [0.15, 0.2) is 47.6 Å². The van der Waals surface area contributed by atoms with Crippen molar-refractivity contribution in [3.05, 3.63) is 59.7 Å². The minimum absolute atomic E-state index is 0.0573. The topological polar surface area (TPSA) is 71.0 Å². The number of hydrazone groups is 1. The van der Waals surface area contributed by atoms with Crippen molar-refractivity contribution < 1.29 is 23.1 Å². The monoisotopic (exact) mass is 359 g/mol. The number of nitrogens with zero attached hydrogens (tertiary/aromatic N) is 2. The number of rotatable bonds is 4. The summed E-state index contributed by atoms with van der Waals surface area (Å²) in [5.74, 6) is -1.71. The number of ether oxygens (including phenoxy) is 1. The third-order valence-corrected chi connectivity index (χ3v) is 3.78. The van der Waals surface area contributed by atoms with Crippen LogP contribution in [0.4, 0.5) is 14.5 Å². The fourth-order valence-electron chi connectivity index (χ4n) is 2.49. The summed E-state index contributed by atoms with van der Waals surface area (Å²) >= 11 is 0. The molecule has 0 unspecified atom stereocenters. The van der Waals surface area contributed by atoms with Gasteiger partial charge in [0.2, 0.25) is 0 Å². The van der Waals surface area contributed by atoms with E-state index in [-0.39, 0.29) is 30.3 Å². The molecule has 1 aliphatic rings. The molecule has 1 heterocycles. The van der Waals surface area contributed by atoms with Gasteiger partial charge in [-0.05, 0) is 37.3 Å². The summed E-state index contributed by atoms with van der Waals surface area (Å²) in [6.07, 6.45) is 0. The summed E-state index contributed by atoms with van der Waals surface area (Å²) in [6, 6.07) is 9.80. The van der Waals surface area contributed by atoms with Crippen LogP contribution in [-0.4, -0.2) is 30.7 Å². The molecule has 0 saturated heterocycles. The van der Waals surface area contributed by atoms with Crippen molar-refractivity contribution in [1.29, 1.82) is 0 Å². The van der Waals surface area contributed by atoms with Crippen molar-refractivity contribution in [2.75, 3.05) is 18.1 Å². The first-order chi connectivity index (χ1) is 12.5. The van der Waals surface area contributed by atoms with Crippen LogP contribution in [0.3, 0.4) is 0 Å². The van der Waals surface area contributed by atoms with Crippen molar-refractivity contribution in [3.8, 4) is 5.75 Å². The number of benzene rings is 2. The van der Waals surface area contributed by atoms with E-state index in [4.69, 9.17) is 4.74 Å². The number of fused-ring (bicyclic) bond motifs is 1. The molecule has 134 valence electrons. The van der Waals surface area contributed by atoms with Gasteiger partial charge in [-0.15, -0.1) is 0 Å². The van der Waals surface area contributed by atoms with Crippen LogP contribution in [0.2, 0.25) is 0 Å². The maximum atomic E-state index is 13.7. The van der Waals surface area contributed by atoms with E-state index < -0.39 is 17.5 Å². The smallest absolute Gasteiger partial charge is 0.265 e. The fraction of sp³-hybridized carbons (Fsp3) is 0.167. The number of halogens is 2. The lowest BCUT2D eigenvalue weighted by atomic mass is 10.1. The van der Waals surface area contributed by atoms with Crippen LogP contribution in [0, 0.1) is 11.6 Å². The zero-order chi connectivity index (χ0) is 18.7. The third-order valence-electron chi connectivity index (χ3n) is 3.78. The number of para-hydroxylation sites is 2. The number of anilines is 1. The van der Waals surface area contributed by atoms with Gasteiger partial charge in [-0.1, -0.05) is 12.1 Å². The van der Waals surface area contributed by atoms with Gasteiger partial charge in [0.05, 0.1) is 11.4 Å².